The maximum Gasteiger partial charge on any atom is 0.162 e. The molecule has 0 fully saturated rings. The van der Waals surface area contributed by atoms with Crippen molar-refractivity contribution >= 4 is 11.0 Å². The van der Waals surface area contributed by atoms with Gasteiger partial charge in [0, 0.05) is 22.7 Å². The fourth-order valence-electron chi connectivity index (χ4n) is 1.28. The van der Waals surface area contributed by atoms with E-state index in [9.17, 15) is 0 Å². The Bertz CT molecular complexity index is 457. The zero-order valence-corrected chi connectivity index (χ0v) is 8.65. The molecular formula is C11H13N3. The minimum atomic E-state index is 0.0686. The average molecular weight is 187 g/mol. The summed E-state index contributed by atoms with van der Waals surface area (Å²) in [5, 5.41) is 0.987. The summed E-state index contributed by atoms with van der Waals surface area (Å²) in [5.41, 5.74) is 1.90. The third-order valence-electron chi connectivity index (χ3n) is 2.13. The van der Waals surface area contributed by atoms with Gasteiger partial charge >= 0.3 is 0 Å². The summed E-state index contributed by atoms with van der Waals surface area (Å²) in [5.74, 6) is 0. The van der Waals surface area contributed by atoms with Crippen LogP contribution in [0.3, 0.4) is 0 Å². The smallest absolute Gasteiger partial charge is 0.162 e. The lowest BCUT2D eigenvalue weighted by Crippen LogP contribution is -2.13. The van der Waals surface area contributed by atoms with Crippen molar-refractivity contribution in [3.63, 3.8) is 0 Å². The summed E-state index contributed by atoms with van der Waals surface area (Å²) in [6, 6.07) is 4.05. The molecule has 0 aliphatic heterocycles. The number of hydrogen-bond donors (Lipinski definition) is 0. The quantitative estimate of drug-likeness (QED) is 0.635. The first kappa shape index (κ1) is 9.06. The molecule has 0 aromatic carbocycles. The van der Waals surface area contributed by atoms with Crippen LogP contribution in [0.5, 0.6) is 0 Å². The van der Waals surface area contributed by atoms with E-state index in [0.29, 0.717) is 0 Å². The van der Waals surface area contributed by atoms with Gasteiger partial charge in [0.1, 0.15) is 6.33 Å². The van der Waals surface area contributed by atoms with E-state index in [-0.39, 0.29) is 5.41 Å². The third-order valence-corrected chi connectivity index (χ3v) is 2.13. The molecule has 3 heteroatoms. The Morgan fingerprint density at radius 2 is 1.93 bits per heavy atom. The topological polar surface area (TPSA) is 38.7 Å². The lowest BCUT2D eigenvalue weighted by molar-refractivity contribution is 0.571. The van der Waals surface area contributed by atoms with Crippen molar-refractivity contribution in [3.8, 4) is 0 Å². The molecule has 0 aliphatic carbocycles. The van der Waals surface area contributed by atoms with Crippen LogP contribution >= 0.6 is 0 Å². The van der Waals surface area contributed by atoms with E-state index < -0.39 is 0 Å². The fraction of sp³-hybridized carbons (Fsp3) is 0.364. The van der Waals surface area contributed by atoms with Crippen LogP contribution in [0.1, 0.15) is 26.5 Å². The highest BCUT2D eigenvalue weighted by Crippen LogP contribution is 2.21. The highest BCUT2D eigenvalue weighted by Gasteiger charge is 2.15. The Hall–Kier alpha value is -1.51. The maximum atomic E-state index is 4.50. The van der Waals surface area contributed by atoms with Gasteiger partial charge in [0.25, 0.3) is 0 Å². The van der Waals surface area contributed by atoms with Crippen molar-refractivity contribution in [2.45, 2.75) is 26.2 Å². The molecule has 0 spiro atoms. The Labute approximate surface area is 83.2 Å². The molecule has 72 valence electrons. The predicted octanol–water partition coefficient (Wildman–Crippen LogP) is 2.32. The van der Waals surface area contributed by atoms with E-state index in [1.54, 1.807) is 6.20 Å². The summed E-state index contributed by atoms with van der Waals surface area (Å²) >= 11 is 0. The van der Waals surface area contributed by atoms with Gasteiger partial charge in [0.05, 0.1) is 0 Å². The second-order valence-corrected chi connectivity index (χ2v) is 4.38. The molecule has 3 nitrogen and oxygen atoms in total. The van der Waals surface area contributed by atoms with Crippen LogP contribution in [-0.2, 0) is 5.41 Å². The third kappa shape index (κ3) is 1.58. The van der Waals surface area contributed by atoms with Gasteiger partial charge in [-0.25, -0.2) is 15.0 Å². The number of fused-ring (bicyclic) bond motifs is 1. The summed E-state index contributed by atoms with van der Waals surface area (Å²) in [7, 11) is 0. The number of nitrogens with zero attached hydrogens (tertiary/aromatic N) is 3. The molecule has 2 aromatic rings. The predicted molar refractivity (Wildman–Crippen MR) is 56.0 cm³/mol. The van der Waals surface area contributed by atoms with Crippen LogP contribution in [0.2, 0.25) is 0 Å². The molecule has 0 unspecified atom stereocenters. The van der Waals surface area contributed by atoms with Gasteiger partial charge in [-0.3, -0.25) is 0 Å². The first-order chi connectivity index (χ1) is 6.57. The van der Waals surface area contributed by atoms with Crippen LogP contribution in [0.15, 0.2) is 24.7 Å². The second kappa shape index (κ2) is 3.01. The van der Waals surface area contributed by atoms with E-state index >= 15 is 0 Å². The Morgan fingerprint density at radius 3 is 2.64 bits per heavy atom. The molecule has 2 heterocycles. The van der Waals surface area contributed by atoms with E-state index in [1.165, 1.54) is 6.33 Å². The summed E-state index contributed by atoms with van der Waals surface area (Å²) < 4.78 is 0. The summed E-state index contributed by atoms with van der Waals surface area (Å²) in [6.45, 7) is 6.42. The molecule has 0 saturated carbocycles. The average Bonchev–Trinajstić information content (AvgIpc) is 2.16. The minimum absolute atomic E-state index is 0.0686. The zero-order valence-electron chi connectivity index (χ0n) is 8.65. The fourth-order valence-corrected chi connectivity index (χ4v) is 1.28. The van der Waals surface area contributed by atoms with Crippen molar-refractivity contribution in [3.05, 3.63) is 30.4 Å². The monoisotopic (exact) mass is 187 g/mol. The van der Waals surface area contributed by atoms with Crippen molar-refractivity contribution in [1.82, 2.24) is 15.0 Å². The van der Waals surface area contributed by atoms with Gasteiger partial charge in [0.15, 0.2) is 5.65 Å². The highest BCUT2D eigenvalue weighted by molar-refractivity contribution is 5.73. The molecular weight excluding hydrogens is 174 g/mol. The first-order valence-corrected chi connectivity index (χ1v) is 4.64. The van der Waals surface area contributed by atoms with Gasteiger partial charge in [-0.2, -0.15) is 0 Å². The molecule has 0 radical (unpaired) electrons. The SMILES string of the molecule is CC(C)(C)c1ccc2cncnc2n1. The Kier molecular flexibility index (Phi) is 1.95. The van der Waals surface area contributed by atoms with Gasteiger partial charge in [0.2, 0.25) is 0 Å². The standard InChI is InChI=1S/C11H13N3/c1-11(2,3)9-5-4-8-6-12-7-13-10(8)14-9/h4-7H,1-3H3. The van der Waals surface area contributed by atoms with Crippen LogP contribution < -0.4 is 0 Å². The molecule has 2 aromatic heterocycles. The zero-order chi connectivity index (χ0) is 10.2. The lowest BCUT2D eigenvalue weighted by Gasteiger charge is -2.17. The number of pyridine rings is 1. The Morgan fingerprint density at radius 1 is 1.14 bits per heavy atom. The normalized spacial score (nSPS) is 11.9. The van der Waals surface area contributed by atoms with E-state index in [2.05, 4.69) is 35.7 Å². The molecule has 0 amide bonds. The summed E-state index contributed by atoms with van der Waals surface area (Å²) in [4.78, 5) is 12.6. The molecule has 0 bridgehead atoms. The van der Waals surface area contributed by atoms with E-state index in [0.717, 1.165) is 16.7 Å². The summed E-state index contributed by atoms with van der Waals surface area (Å²) in [6.07, 6.45) is 3.31. The van der Waals surface area contributed by atoms with Crippen LogP contribution in [0.25, 0.3) is 11.0 Å². The molecule has 0 saturated heterocycles. The van der Waals surface area contributed by atoms with Crippen molar-refractivity contribution in [2.75, 3.05) is 0 Å². The largest absolute Gasteiger partial charge is 0.244 e. The molecule has 0 atom stereocenters. The van der Waals surface area contributed by atoms with Crippen LogP contribution in [-0.4, -0.2) is 15.0 Å². The van der Waals surface area contributed by atoms with Gasteiger partial charge in [-0.1, -0.05) is 20.8 Å². The van der Waals surface area contributed by atoms with Gasteiger partial charge < -0.3 is 0 Å². The molecule has 0 aliphatic rings. The minimum Gasteiger partial charge on any atom is -0.244 e. The lowest BCUT2D eigenvalue weighted by atomic mass is 9.91. The highest BCUT2D eigenvalue weighted by atomic mass is 14.9. The van der Waals surface area contributed by atoms with Crippen molar-refractivity contribution < 1.29 is 0 Å². The van der Waals surface area contributed by atoms with Gasteiger partial charge in [-0.15, -0.1) is 0 Å². The molecule has 0 N–H and O–H groups in total. The van der Waals surface area contributed by atoms with Gasteiger partial charge in [-0.05, 0) is 12.1 Å². The number of hydrogen-bond acceptors (Lipinski definition) is 3. The van der Waals surface area contributed by atoms with Crippen molar-refractivity contribution in [1.29, 1.82) is 0 Å². The molecule has 2 rings (SSSR count). The van der Waals surface area contributed by atoms with E-state index in [1.807, 2.05) is 12.1 Å². The number of aromatic nitrogens is 3. The molecule has 14 heavy (non-hydrogen) atoms. The first-order valence-electron chi connectivity index (χ1n) is 4.64. The Balaban J connectivity index is 2.63. The van der Waals surface area contributed by atoms with Crippen LogP contribution in [0.4, 0.5) is 0 Å². The second-order valence-electron chi connectivity index (χ2n) is 4.38. The van der Waals surface area contributed by atoms with Crippen LogP contribution in [0, 0.1) is 0 Å². The van der Waals surface area contributed by atoms with E-state index in [4.69, 9.17) is 0 Å². The maximum absolute atomic E-state index is 4.50. The van der Waals surface area contributed by atoms with Crippen molar-refractivity contribution in [2.24, 2.45) is 0 Å². The number of rotatable bonds is 0.